The van der Waals surface area contributed by atoms with Crippen LogP contribution in [0.3, 0.4) is 0 Å². The van der Waals surface area contributed by atoms with Gasteiger partial charge in [0.05, 0.1) is 0 Å². The molecule has 0 saturated carbocycles. The Balaban J connectivity index is 1.72. The van der Waals surface area contributed by atoms with Crippen LogP contribution < -0.4 is 0 Å². The van der Waals surface area contributed by atoms with Crippen molar-refractivity contribution in [3.05, 3.63) is 18.6 Å². The van der Waals surface area contributed by atoms with Gasteiger partial charge in [0.2, 0.25) is 0 Å². The third-order valence-corrected chi connectivity index (χ3v) is 1.99. The molecule has 0 unspecified atom stereocenters. The van der Waals surface area contributed by atoms with Crippen LogP contribution in [0.25, 0.3) is 0 Å². The molecule has 57 valence electrons. The second-order valence-electron chi connectivity index (χ2n) is 3.08. The fourth-order valence-corrected chi connectivity index (χ4v) is 1.16. The first kappa shape index (κ1) is 7.84. The topological polar surface area (TPSA) is 0 Å². The van der Waals surface area contributed by atoms with Crippen molar-refractivity contribution in [2.45, 2.75) is 44.9 Å². The standard InChI is InChI=1S/C10H17/c1-2-3-4-5-6-7-10-8-9-10/h8H,1-7,9H2. The average molecular weight is 137 g/mol. The number of hydrogen-bond acceptors (Lipinski definition) is 0. The summed E-state index contributed by atoms with van der Waals surface area (Å²) in [6.45, 7) is 3.82. The highest BCUT2D eigenvalue weighted by Crippen LogP contribution is 2.24. The Labute approximate surface area is 64.3 Å². The van der Waals surface area contributed by atoms with Gasteiger partial charge in [-0.2, -0.15) is 0 Å². The maximum absolute atomic E-state index is 3.82. The number of unbranched alkanes of at least 4 members (excludes halogenated alkanes) is 4. The van der Waals surface area contributed by atoms with Gasteiger partial charge in [-0.15, -0.1) is 0 Å². The fourth-order valence-electron chi connectivity index (χ4n) is 1.16. The molecule has 0 aromatic rings. The molecule has 0 heterocycles. The molecular weight excluding hydrogens is 120 g/mol. The van der Waals surface area contributed by atoms with Crippen molar-refractivity contribution < 1.29 is 0 Å². The van der Waals surface area contributed by atoms with Gasteiger partial charge in [-0.25, -0.2) is 0 Å². The minimum atomic E-state index is 1.11. The first-order chi connectivity index (χ1) is 4.93. The summed E-state index contributed by atoms with van der Waals surface area (Å²) in [7, 11) is 0. The molecule has 0 heteroatoms. The van der Waals surface area contributed by atoms with Gasteiger partial charge in [0.1, 0.15) is 0 Å². The molecule has 1 radical (unpaired) electrons. The van der Waals surface area contributed by atoms with Gasteiger partial charge in [-0.05, 0) is 19.3 Å². The van der Waals surface area contributed by atoms with Crippen LogP contribution in [0.4, 0.5) is 0 Å². The van der Waals surface area contributed by atoms with Crippen LogP contribution >= 0.6 is 0 Å². The van der Waals surface area contributed by atoms with Crippen LogP contribution in [0.5, 0.6) is 0 Å². The molecular formula is C10H17. The number of rotatable bonds is 6. The maximum atomic E-state index is 3.82. The molecule has 0 aromatic heterocycles. The van der Waals surface area contributed by atoms with Gasteiger partial charge < -0.3 is 0 Å². The molecule has 0 atom stereocenters. The number of hydrogen-bond donors (Lipinski definition) is 0. The molecule has 10 heavy (non-hydrogen) atoms. The van der Waals surface area contributed by atoms with Gasteiger partial charge in [-0.3, -0.25) is 0 Å². The van der Waals surface area contributed by atoms with Crippen LogP contribution in [-0.2, 0) is 0 Å². The summed E-state index contributed by atoms with van der Waals surface area (Å²) in [5, 5.41) is 0. The SMILES string of the molecule is [CH2]CCCCCCC1=CC1. The van der Waals surface area contributed by atoms with Crippen molar-refractivity contribution in [2.75, 3.05) is 0 Å². The highest BCUT2D eigenvalue weighted by atomic mass is 14.1. The molecule has 0 fully saturated rings. The molecule has 1 aliphatic rings. The van der Waals surface area contributed by atoms with Crippen molar-refractivity contribution in [3.8, 4) is 0 Å². The van der Waals surface area contributed by atoms with Gasteiger partial charge >= 0.3 is 0 Å². The van der Waals surface area contributed by atoms with E-state index in [4.69, 9.17) is 0 Å². The Kier molecular flexibility index (Phi) is 3.56. The monoisotopic (exact) mass is 137 g/mol. The lowest BCUT2D eigenvalue weighted by molar-refractivity contribution is 0.647. The zero-order valence-corrected chi connectivity index (χ0v) is 6.73. The number of allylic oxidation sites excluding steroid dienone is 2. The molecule has 0 saturated heterocycles. The van der Waals surface area contributed by atoms with Crippen molar-refractivity contribution in [1.29, 1.82) is 0 Å². The molecule has 1 rings (SSSR count). The lowest BCUT2D eigenvalue weighted by Gasteiger charge is -1.95. The van der Waals surface area contributed by atoms with Gasteiger partial charge in [-0.1, -0.05) is 44.3 Å². The van der Waals surface area contributed by atoms with E-state index in [1.54, 1.807) is 5.57 Å². The van der Waals surface area contributed by atoms with Crippen LogP contribution in [0, 0.1) is 6.92 Å². The van der Waals surface area contributed by atoms with Gasteiger partial charge in [0.25, 0.3) is 0 Å². The van der Waals surface area contributed by atoms with E-state index in [-0.39, 0.29) is 0 Å². The second-order valence-corrected chi connectivity index (χ2v) is 3.08. The van der Waals surface area contributed by atoms with Crippen LogP contribution in [0.1, 0.15) is 44.9 Å². The molecule has 0 nitrogen and oxygen atoms in total. The molecule has 1 aliphatic carbocycles. The van der Waals surface area contributed by atoms with Crippen molar-refractivity contribution in [3.63, 3.8) is 0 Å². The highest BCUT2D eigenvalue weighted by Gasteiger charge is 2.04. The molecule has 0 spiro atoms. The third kappa shape index (κ3) is 3.71. The molecule has 0 bridgehead atoms. The summed E-state index contributed by atoms with van der Waals surface area (Å²) in [4.78, 5) is 0. The predicted molar refractivity (Wildman–Crippen MR) is 45.8 cm³/mol. The van der Waals surface area contributed by atoms with Crippen molar-refractivity contribution >= 4 is 0 Å². The summed E-state index contributed by atoms with van der Waals surface area (Å²) < 4.78 is 0. The van der Waals surface area contributed by atoms with E-state index in [0.29, 0.717) is 0 Å². The van der Waals surface area contributed by atoms with Crippen LogP contribution in [0.2, 0.25) is 0 Å². The zero-order chi connectivity index (χ0) is 7.23. The summed E-state index contributed by atoms with van der Waals surface area (Å²) >= 11 is 0. The van der Waals surface area contributed by atoms with Crippen LogP contribution in [-0.4, -0.2) is 0 Å². The van der Waals surface area contributed by atoms with Crippen LogP contribution in [0.15, 0.2) is 11.6 Å². The van der Waals surface area contributed by atoms with Gasteiger partial charge in [0.15, 0.2) is 0 Å². The first-order valence-electron chi connectivity index (χ1n) is 4.40. The Morgan fingerprint density at radius 2 is 1.90 bits per heavy atom. The zero-order valence-electron chi connectivity index (χ0n) is 6.73. The van der Waals surface area contributed by atoms with Crippen molar-refractivity contribution in [2.24, 2.45) is 0 Å². The lowest BCUT2D eigenvalue weighted by atomic mass is 10.1. The van der Waals surface area contributed by atoms with E-state index in [0.717, 1.165) is 6.42 Å². The largest absolute Gasteiger partial charge is 0.0810 e. The van der Waals surface area contributed by atoms with E-state index in [1.807, 2.05) is 0 Å². The molecule has 0 aliphatic heterocycles. The van der Waals surface area contributed by atoms with E-state index >= 15 is 0 Å². The third-order valence-electron chi connectivity index (χ3n) is 1.99. The predicted octanol–water partition coefficient (Wildman–Crippen LogP) is 3.49. The molecule has 0 aromatic carbocycles. The summed E-state index contributed by atoms with van der Waals surface area (Å²) in [5.74, 6) is 0. The molecule has 0 amide bonds. The lowest BCUT2D eigenvalue weighted by Crippen LogP contribution is -1.76. The minimum absolute atomic E-state index is 1.11. The normalized spacial score (nSPS) is 15.1. The van der Waals surface area contributed by atoms with E-state index in [9.17, 15) is 0 Å². The average Bonchev–Trinajstić information content (AvgIpc) is 2.71. The highest BCUT2D eigenvalue weighted by molar-refractivity contribution is 5.21. The summed E-state index contributed by atoms with van der Waals surface area (Å²) in [6, 6.07) is 0. The smallest absolute Gasteiger partial charge is 0.0136 e. The summed E-state index contributed by atoms with van der Waals surface area (Å²) in [5.41, 5.74) is 1.69. The van der Waals surface area contributed by atoms with Crippen molar-refractivity contribution in [1.82, 2.24) is 0 Å². The minimum Gasteiger partial charge on any atom is -0.0810 e. The Morgan fingerprint density at radius 1 is 1.20 bits per heavy atom. The first-order valence-corrected chi connectivity index (χ1v) is 4.40. The van der Waals surface area contributed by atoms with E-state index in [2.05, 4.69) is 13.0 Å². The second kappa shape index (κ2) is 4.54. The fraction of sp³-hybridized carbons (Fsp3) is 0.700. The van der Waals surface area contributed by atoms with Gasteiger partial charge in [0, 0.05) is 0 Å². The van der Waals surface area contributed by atoms with E-state index in [1.165, 1.54) is 38.5 Å². The maximum Gasteiger partial charge on any atom is -0.0136 e. The Hall–Kier alpha value is -0.260. The van der Waals surface area contributed by atoms with E-state index < -0.39 is 0 Å². The molecule has 0 N–H and O–H groups in total. The summed E-state index contributed by atoms with van der Waals surface area (Å²) in [6.07, 6.45) is 11.7. The Bertz CT molecular complexity index is 111. The Morgan fingerprint density at radius 3 is 2.50 bits per heavy atom. The quantitative estimate of drug-likeness (QED) is 0.388.